The van der Waals surface area contributed by atoms with Crippen molar-refractivity contribution in [3.05, 3.63) is 0 Å². The molecule has 0 spiro atoms. The Morgan fingerprint density at radius 2 is 2.24 bits per heavy atom. The number of nitrogens with zero attached hydrogens (tertiary/aromatic N) is 3. The normalized spacial score (nSPS) is 21.9. The standard InChI is InChI=1S/C13H20N4O2S2/c18-11(14-8-10-4-3-7-19-10)9-20-13-16-15-12(21-13)17-5-1-2-6-17/h10H,1-9H2,(H,14,18). The monoisotopic (exact) mass is 328 g/mol. The second kappa shape index (κ2) is 7.42. The molecule has 2 saturated heterocycles. The van der Waals surface area contributed by atoms with E-state index in [1.165, 1.54) is 24.6 Å². The summed E-state index contributed by atoms with van der Waals surface area (Å²) in [5.74, 6) is 0.426. The summed E-state index contributed by atoms with van der Waals surface area (Å²) in [4.78, 5) is 14.1. The second-order valence-corrected chi connectivity index (χ2v) is 7.45. The van der Waals surface area contributed by atoms with E-state index in [9.17, 15) is 4.79 Å². The summed E-state index contributed by atoms with van der Waals surface area (Å²) in [5, 5.41) is 12.3. The molecule has 8 heteroatoms. The molecule has 1 aromatic heterocycles. The Balaban J connectivity index is 1.38. The van der Waals surface area contributed by atoms with Crippen molar-refractivity contribution in [3.8, 4) is 0 Å². The lowest BCUT2D eigenvalue weighted by molar-refractivity contribution is -0.119. The number of anilines is 1. The summed E-state index contributed by atoms with van der Waals surface area (Å²) in [7, 11) is 0. The van der Waals surface area contributed by atoms with Gasteiger partial charge in [0.05, 0.1) is 11.9 Å². The highest BCUT2D eigenvalue weighted by atomic mass is 32.2. The number of nitrogens with one attached hydrogen (secondary N) is 1. The average molecular weight is 328 g/mol. The summed E-state index contributed by atoms with van der Waals surface area (Å²) < 4.78 is 6.34. The fourth-order valence-electron chi connectivity index (χ4n) is 2.51. The summed E-state index contributed by atoms with van der Waals surface area (Å²) in [6.07, 6.45) is 4.80. The fourth-order valence-corrected chi connectivity index (χ4v) is 4.23. The van der Waals surface area contributed by atoms with Crippen molar-refractivity contribution in [3.63, 3.8) is 0 Å². The number of hydrogen-bond donors (Lipinski definition) is 1. The molecule has 2 aliphatic rings. The lowest BCUT2D eigenvalue weighted by atomic mass is 10.2. The molecule has 1 unspecified atom stereocenters. The molecule has 1 atom stereocenters. The minimum absolute atomic E-state index is 0.0356. The predicted octanol–water partition coefficient (Wildman–Crippen LogP) is 1.53. The van der Waals surface area contributed by atoms with Crippen LogP contribution in [0.4, 0.5) is 5.13 Å². The molecule has 3 rings (SSSR count). The molecular weight excluding hydrogens is 308 g/mol. The Morgan fingerprint density at radius 3 is 3.00 bits per heavy atom. The number of thioether (sulfide) groups is 1. The van der Waals surface area contributed by atoms with E-state index in [2.05, 4.69) is 20.4 Å². The molecular formula is C13H20N4O2S2. The molecule has 0 bridgehead atoms. The molecule has 6 nitrogen and oxygen atoms in total. The third kappa shape index (κ3) is 4.31. The van der Waals surface area contributed by atoms with Crippen LogP contribution in [0.25, 0.3) is 0 Å². The second-order valence-electron chi connectivity index (χ2n) is 5.27. The minimum atomic E-state index is 0.0356. The van der Waals surface area contributed by atoms with Gasteiger partial charge in [0.2, 0.25) is 11.0 Å². The maximum atomic E-state index is 11.8. The number of carbonyl (C=O) groups is 1. The van der Waals surface area contributed by atoms with Crippen molar-refractivity contribution < 1.29 is 9.53 Å². The zero-order chi connectivity index (χ0) is 14.5. The van der Waals surface area contributed by atoms with Gasteiger partial charge in [-0.1, -0.05) is 23.1 Å². The van der Waals surface area contributed by atoms with Crippen molar-refractivity contribution in [2.75, 3.05) is 36.9 Å². The van der Waals surface area contributed by atoms with Gasteiger partial charge in [0.1, 0.15) is 0 Å². The molecule has 21 heavy (non-hydrogen) atoms. The zero-order valence-electron chi connectivity index (χ0n) is 11.9. The Labute approximate surface area is 132 Å². The first-order valence-corrected chi connectivity index (χ1v) is 9.21. The predicted molar refractivity (Wildman–Crippen MR) is 84.1 cm³/mol. The van der Waals surface area contributed by atoms with E-state index in [-0.39, 0.29) is 12.0 Å². The van der Waals surface area contributed by atoms with Crippen molar-refractivity contribution in [2.45, 2.75) is 36.1 Å². The summed E-state index contributed by atoms with van der Waals surface area (Å²) in [6, 6.07) is 0. The lowest BCUT2D eigenvalue weighted by Gasteiger charge is -2.11. The van der Waals surface area contributed by atoms with Crippen LogP contribution in [-0.2, 0) is 9.53 Å². The Hall–Kier alpha value is -0.860. The number of rotatable bonds is 6. The van der Waals surface area contributed by atoms with Gasteiger partial charge >= 0.3 is 0 Å². The highest BCUT2D eigenvalue weighted by Crippen LogP contribution is 2.29. The Morgan fingerprint density at radius 1 is 1.38 bits per heavy atom. The van der Waals surface area contributed by atoms with Crippen LogP contribution in [0.2, 0.25) is 0 Å². The first-order valence-electron chi connectivity index (χ1n) is 7.41. The maximum Gasteiger partial charge on any atom is 0.230 e. The van der Waals surface area contributed by atoms with Crippen LogP contribution >= 0.6 is 23.1 Å². The Kier molecular flexibility index (Phi) is 5.32. The van der Waals surface area contributed by atoms with Gasteiger partial charge in [-0.2, -0.15) is 0 Å². The van der Waals surface area contributed by atoms with Crippen LogP contribution in [0.5, 0.6) is 0 Å². The number of hydrogen-bond acceptors (Lipinski definition) is 7. The van der Waals surface area contributed by atoms with Gasteiger partial charge in [-0.05, 0) is 25.7 Å². The Bertz CT molecular complexity index is 470. The minimum Gasteiger partial charge on any atom is -0.376 e. The molecule has 116 valence electrons. The first kappa shape index (κ1) is 15.1. The van der Waals surface area contributed by atoms with E-state index in [4.69, 9.17) is 4.74 Å². The summed E-state index contributed by atoms with van der Waals surface area (Å²) in [5.41, 5.74) is 0. The number of carbonyl (C=O) groups excluding carboxylic acids is 1. The van der Waals surface area contributed by atoms with Crippen LogP contribution in [-0.4, -0.2) is 54.2 Å². The number of ether oxygens (including phenoxy) is 1. The van der Waals surface area contributed by atoms with Gasteiger partial charge < -0.3 is 15.0 Å². The van der Waals surface area contributed by atoms with Crippen molar-refractivity contribution in [2.24, 2.45) is 0 Å². The molecule has 0 aliphatic carbocycles. The van der Waals surface area contributed by atoms with Crippen LogP contribution in [0.1, 0.15) is 25.7 Å². The molecule has 0 aromatic carbocycles. The molecule has 0 radical (unpaired) electrons. The molecule has 1 N–H and O–H groups in total. The van der Waals surface area contributed by atoms with Crippen LogP contribution in [0, 0.1) is 0 Å². The van der Waals surface area contributed by atoms with Gasteiger partial charge in [0.25, 0.3) is 0 Å². The SMILES string of the molecule is O=C(CSc1nnc(N2CCCC2)s1)NCC1CCCO1. The highest BCUT2D eigenvalue weighted by Gasteiger charge is 2.18. The van der Waals surface area contributed by atoms with Gasteiger partial charge in [-0.15, -0.1) is 10.2 Å². The van der Waals surface area contributed by atoms with E-state index < -0.39 is 0 Å². The molecule has 3 heterocycles. The van der Waals surface area contributed by atoms with Gasteiger partial charge in [0, 0.05) is 26.2 Å². The number of aromatic nitrogens is 2. The maximum absolute atomic E-state index is 11.8. The van der Waals surface area contributed by atoms with Gasteiger partial charge in [-0.3, -0.25) is 4.79 Å². The summed E-state index contributed by atoms with van der Waals surface area (Å²) in [6.45, 7) is 3.58. The number of amides is 1. The van der Waals surface area contributed by atoms with Crippen molar-refractivity contribution >= 4 is 34.1 Å². The summed E-state index contributed by atoms with van der Waals surface area (Å²) >= 11 is 3.03. The quantitative estimate of drug-likeness (QED) is 0.799. The highest BCUT2D eigenvalue weighted by molar-refractivity contribution is 8.01. The zero-order valence-corrected chi connectivity index (χ0v) is 13.5. The van der Waals surface area contributed by atoms with Crippen LogP contribution < -0.4 is 10.2 Å². The van der Waals surface area contributed by atoms with E-state index in [1.54, 1.807) is 11.3 Å². The fraction of sp³-hybridized carbons (Fsp3) is 0.769. The van der Waals surface area contributed by atoms with Gasteiger partial charge in [-0.25, -0.2) is 0 Å². The van der Waals surface area contributed by atoms with E-state index in [0.717, 1.165) is 42.0 Å². The molecule has 2 fully saturated rings. The van der Waals surface area contributed by atoms with E-state index in [1.807, 2.05) is 0 Å². The third-order valence-electron chi connectivity index (χ3n) is 3.65. The van der Waals surface area contributed by atoms with E-state index in [0.29, 0.717) is 12.3 Å². The molecule has 1 amide bonds. The lowest BCUT2D eigenvalue weighted by Crippen LogP contribution is -2.32. The first-order chi connectivity index (χ1) is 10.3. The topological polar surface area (TPSA) is 67.4 Å². The molecule has 2 aliphatic heterocycles. The molecule has 0 saturated carbocycles. The van der Waals surface area contributed by atoms with Crippen LogP contribution in [0.3, 0.4) is 0 Å². The largest absolute Gasteiger partial charge is 0.376 e. The van der Waals surface area contributed by atoms with E-state index >= 15 is 0 Å². The van der Waals surface area contributed by atoms with Crippen molar-refractivity contribution in [1.29, 1.82) is 0 Å². The van der Waals surface area contributed by atoms with Gasteiger partial charge in [0.15, 0.2) is 4.34 Å². The van der Waals surface area contributed by atoms with Crippen molar-refractivity contribution in [1.82, 2.24) is 15.5 Å². The smallest absolute Gasteiger partial charge is 0.230 e. The van der Waals surface area contributed by atoms with Crippen LogP contribution in [0.15, 0.2) is 4.34 Å². The average Bonchev–Trinajstić information content (AvgIpc) is 3.24. The third-order valence-corrected chi connectivity index (χ3v) is 5.77. The molecule has 1 aromatic rings.